The van der Waals surface area contributed by atoms with Gasteiger partial charge in [0.1, 0.15) is 0 Å². The molecule has 5 heteroatoms. The molecule has 0 aliphatic carbocycles. The van der Waals surface area contributed by atoms with Crippen LogP contribution in [0.2, 0.25) is 0 Å². The van der Waals surface area contributed by atoms with E-state index in [0.717, 1.165) is 23.5 Å². The Hall–Kier alpha value is -1.75. The first-order valence-corrected chi connectivity index (χ1v) is 6.14. The van der Waals surface area contributed by atoms with Gasteiger partial charge in [-0.15, -0.1) is 0 Å². The summed E-state index contributed by atoms with van der Waals surface area (Å²) in [4.78, 5) is 8.70. The molecule has 2 heterocycles. The minimum atomic E-state index is 0.459. The summed E-state index contributed by atoms with van der Waals surface area (Å²) in [5.74, 6) is 0.619. The van der Waals surface area contributed by atoms with Crippen molar-refractivity contribution in [3.05, 3.63) is 35.4 Å². The van der Waals surface area contributed by atoms with Gasteiger partial charge < -0.3 is 5.32 Å². The maximum absolute atomic E-state index is 4.36. The van der Waals surface area contributed by atoms with Crippen molar-refractivity contribution in [1.29, 1.82) is 0 Å². The van der Waals surface area contributed by atoms with Gasteiger partial charge in [-0.2, -0.15) is 5.10 Å². The summed E-state index contributed by atoms with van der Waals surface area (Å²) in [5, 5.41) is 7.69. The average molecular weight is 245 g/mol. The first-order chi connectivity index (χ1) is 8.56. The molecule has 0 radical (unpaired) electrons. The molecule has 0 aliphatic rings. The summed E-state index contributed by atoms with van der Waals surface area (Å²) in [6.07, 6.45) is 3.68. The Bertz CT molecular complexity index is 513. The highest BCUT2D eigenvalue weighted by Gasteiger charge is 2.06. The number of hydrogen-bond acceptors (Lipinski definition) is 4. The highest BCUT2D eigenvalue weighted by atomic mass is 15.3. The van der Waals surface area contributed by atoms with Crippen LogP contribution in [0.3, 0.4) is 0 Å². The van der Waals surface area contributed by atoms with Gasteiger partial charge in [0.05, 0.1) is 5.69 Å². The van der Waals surface area contributed by atoms with E-state index in [-0.39, 0.29) is 0 Å². The lowest BCUT2D eigenvalue weighted by molar-refractivity contribution is 0.586. The molecule has 5 nitrogen and oxygen atoms in total. The Labute approximate surface area is 107 Å². The van der Waals surface area contributed by atoms with Crippen LogP contribution >= 0.6 is 0 Å². The third-order valence-electron chi connectivity index (χ3n) is 2.61. The Balaban J connectivity index is 2.15. The van der Waals surface area contributed by atoms with Crippen LogP contribution in [0.15, 0.2) is 18.5 Å². The van der Waals surface area contributed by atoms with Crippen LogP contribution < -0.4 is 5.32 Å². The molecule has 2 rings (SSSR count). The Kier molecular flexibility index (Phi) is 3.72. The van der Waals surface area contributed by atoms with Crippen molar-refractivity contribution in [3.63, 3.8) is 0 Å². The summed E-state index contributed by atoms with van der Waals surface area (Å²) >= 11 is 0. The quantitative estimate of drug-likeness (QED) is 0.892. The lowest BCUT2D eigenvalue weighted by Crippen LogP contribution is -2.22. The first-order valence-electron chi connectivity index (χ1n) is 6.14. The van der Waals surface area contributed by atoms with E-state index in [1.165, 1.54) is 0 Å². The summed E-state index contributed by atoms with van der Waals surface area (Å²) in [6.45, 7) is 8.98. The topological polar surface area (TPSA) is 55.6 Å². The molecule has 18 heavy (non-hydrogen) atoms. The van der Waals surface area contributed by atoms with Crippen LogP contribution in [-0.2, 0) is 6.54 Å². The first kappa shape index (κ1) is 12.7. The largest absolute Gasteiger partial charge is 0.310 e. The predicted molar refractivity (Wildman–Crippen MR) is 70.6 cm³/mol. The minimum absolute atomic E-state index is 0.459. The van der Waals surface area contributed by atoms with Gasteiger partial charge in [-0.1, -0.05) is 13.8 Å². The normalized spacial score (nSPS) is 11.2. The molecular weight excluding hydrogens is 226 g/mol. The van der Waals surface area contributed by atoms with Crippen molar-refractivity contribution in [2.75, 3.05) is 0 Å². The maximum Gasteiger partial charge on any atom is 0.250 e. The maximum atomic E-state index is 4.36. The molecule has 0 unspecified atom stereocenters. The summed E-state index contributed by atoms with van der Waals surface area (Å²) in [5.41, 5.74) is 3.09. The van der Waals surface area contributed by atoms with Crippen molar-refractivity contribution in [2.24, 2.45) is 0 Å². The van der Waals surface area contributed by atoms with Gasteiger partial charge in [-0.05, 0) is 19.9 Å². The third kappa shape index (κ3) is 2.92. The predicted octanol–water partition coefficient (Wildman–Crippen LogP) is 1.78. The minimum Gasteiger partial charge on any atom is -0.310 e. The van der Waals surface area contributed by atoms with Gasteiger partial charge in [-0.25, -0.2) is 14.6 Å². The van der Waals surface area contributed by atoms with Gasteiger partial charge >= 0.3 is 0 Å². The van der Waals surface area contributed by atoms with Crippen molar-refractivity contribution in [1.82, 2.24) is 25.1 Å². The average Bonchev–Trinajstić information content (AvgIpc) is 2.66. The van der Waals surface area contributed by atoms with Crippen LogP contribution in [0.25, 0.3) is 5.95 Å². The number of nitrogens with one attached hydrogen (secondary N) is 1. The van der Waals surface area contributed by atoms with Crippen LogP contribution in [-0.4, -0.2) is 25.8 Å². The van der Waals surface area contributed by atoms with E-state index in [1.807, 2.05) is 32.3 Å². The number of rotatable bonds is 4. The van der Waals surface area contributed by atoms with E-state index in [1.54, 1.807) is 4.68 Å². The molecule has 0 aromatic carbocycles. The fourth-order valence-corrected chi connectivity index (χ4v) is 1.70. The zero-order valence-electron chi connectivity index (χ0n) is 11.3. The van der Waals surface area contributed by atoms with Gasteiger partial charge in [0.2, 0.25) is 0 Å². The van der Waals surface area contributed by atoms with E-state index in [9.17, 15) is 0 Å². The van der Waals surface area contributed by atoms with E-state index < -0.39 is 0 Å². The molecule has 0 fully saturated rings. The Morgan fingerprint density at radius 2 is 1.89 bits per heavy atom. The molecule has 0 saturated heterocycles. The number of aromatic nitrogens is 4. The molecule has 2 aromatic rings. The zero-order chi connectivity index (χ0) is 13.1. The SMILES string of the molecule is Cc1cc(C)n(-c2ncc(CNC(C)C)cn2)n1. The summed E-state index contributed by atoms with van der Waals surface area (Å²) in [6, 6.07) is 2.47. The van der Waals surface area contributed by atoms with Gasteiger partial charge in [-0.3, -0.25) is 0 Å². The molecule has 2 aromatic heterocycles. The van der Waals surface area contributed by atoms with Crippen molar-refractivity contribution < 1.29 is 0 Å². The molecule has 0 saturated carbocycles. The molecule has 0 spiro atoms. The van der Waals surface area contributed by atoms with Crippen molar-refractivity contribution >= 4 is 0 Å². The summed E-state index contributed by atoms with van der Waals surface area (Å²) < 4.78 is 1.76. The molecule has 0 amide bonds. The van der Waals surface area contributed by atoms with Gasteiger partial charge in [0.25, 0.3) is 5.95 Å². The summed E-state index contributed by atoms with van der Waals surface area (Å²) in [7, 11) is 0. The van der Waals surface area contributed by atoms with E-state index in [2.05, 4.69) is 34.2 Å². The zero-order valence-corrected chi connectivity index (χ0v) is 11.3. The van der Waals surface area contributed by atoms with Crippen molar-refractivity contribution in [3.8, 4) is 5.95 Å². The number of hydrogen-bond donors (Lipinski definition) is 1. The Morgan fingerprint density at radius 3 is 2.39 bits per heavy atom. The third-order valence-corrected chi connectivity index (χ3v) is 2.61. The van der Waals surface area contributed by atoms with Gasteiger partial charge in [0.15, 0.2) is 0 Å². The van der Waals surface area contributed by atoms with Crippen LogP contribution in [0.4, 0.5) is 0 Å². The van der Waals surface area contributed by atoms with Crippen LogP contribution in [0.5, 0.6) is 0 Å². The highest BCUT2D eigenvalue weighted by molar-refractivity contribution is 5.19. The standard InChI is InChI=1S/C13H19N5/c1-9(2)14-6-12-7-15-13(16-8-12)18-11(4)5-10(3)17-18/h5,7-9,14H,6H2,1-4H3. The second kappa shape index (κ2) is 5.27. The fourth-order valence-electron chi connectivity index (χ4n) is 1.70. The van der Waals surface area contributed by atoms with Crippen LogP contribution in [0, 0.1) is 13.8 Å². The second-order valence-corrected chi connectivity index (χ2v) is 4.77. The fraction of sp³-hybridized carbons (Fsp3) is 0.462. The van der Waals surface area contributed by atoms with E-state index in [4.69, 9.17) is 0 Å². The molecular formula is C13H19N5. The Morgan fingerprint density at radius 1 is 1.22 bits per heavy atom. The lowest BCUT2D eigenvalue weighted by Gasteiger charge is -2.08. The lowest BCUT2D eigenvalue weighted by atomic mass is 10.3. The molecule has 0 atom stereocenters. The number of aryl methyl sites for hydroxylation is 2. The monoisotopic (exact) mass is 245 g/mol. The van der Waals surface area contributed by atoms with E-state index >= 15 is 0 Å². The molecule has 0 aliphatic heterocycles. The van der Waals surface area contributed by atoms with Crippen molar-refractivity contribution in [2.45, 2.75) is 40.3 Å². The molecule has 0 bridgehead atoms. The van der Waals surface area contributed by atoms with Crippen LogP contribution in [0.1, 0.15) is 30.8 Å². The molecule has 1 N–H and O–H groups in total. The number of nitrogens with zero attached hydrogens (tertiary/aromatic N) is 4. The second-order valence-electron chi connectivity index (χ2n) is 4.77. The smallest absolute Gasteiger partial charge is 0.250 e. The van der Waals surface area contributed by atoms with Gasteiger partial charge in [0, 0.05) is 36.2 Å². The highest BCUT2D eigenvalue weighted by Crippen LogP contribution is 2.07. The molecule has 96 valence electrons. The van der Waals surface area contributed by atoms with E-state index in [0.29, 0.717) is 12.0 Å².